The summed E-state index contributed by atoms with van der Waals surface area (Å²) < 4.78 is 26.4. The molecule has 0 bridgehead atoms. The molecule has 2 nitrogen and oxygen atoms in total. The molecule has 1 aromatic carbocycles. The molecule has 0 radical (unpaired) electrons. The number of hydrogen-bond donors (Lipinski definition) is 1. The van der Waals surface area contributed by atoms with Crippen LogP contribution in [0.25, 0.3) is 0 Å². The molecule has 0 saturated carbocycles. The summed E-state index contributed by atoms with van der Waals surface area (Å²) in [6, 6.07) is 1.93. The molecule has 1 N–H and O–H groups in total. The van der Waals surface area contributed by atoms with E-state index in [4.69, 9.17) is 5.11 Å². The molecule has 0 aliphatic carbocycles. The van der Waals surface area contributed by atoms with Gasteiger partial charge in [0.2, 0.25) is 0 Å². The van der Waals surface area contributed by atoms with Gasteiger partial charge < -0.3 is 9.90 Å². The van der Waals surface area contributed by atoms with Crippen LogP contribution in [0.3, 0.4) is 0 Å². The molecule has 0 fully saturated rings. The van der Waals surface area contributed by atoms with Crippen LogP contribution < -0.4 is 0 Å². The second-order valence-corrected chi connectivity index (χ2v) is 3.10. The zero-order valence-corrected chi connectivity index (χ0v) is 7.63. The van der Waals surface area contributed by atoms with Gasteiger partial charge in [-0.3, -0.25) is 0 Å². The van der Waals surface area contributed by atoms with Crippen molar-refractivity contribution < 1.29 is 18.7 Å². The van der Waals surface area contributed by atoms with Crippen molar-refractivity contribution in [1.82, 2.24) is 0 Å². The lowest BCUT2D eigenvalue weighted by molar-refractivity contribution is -0.108. The van der Waals surface area contributed by atoms with Crippen molar-refractivity contribution in [3.05, 3.63) is 29.3 Å². The van der Waals surface area contributed by atoms with Crippen molar-refractivity contribution in [3.8, 4) is 5.75 Å². The molecule has 0 aliphatic rings. The highest BCUT2D eigenvalue weighted by atomic mass is 19.1. The summed E-state index contributed by atoms with van der Waals surface area (Å²) in [4.78, 5) is 10.2. The lowest BCUT2D eigenvalue weighted by Crippen LogP contribution is -2.02. The highest BCUT2D eigenvalue weighted by Crippen LogP contribution is 2.29. The fraction of sp³-hybridized carbons (Fsp3) is 0.300. The zero-order valence-electron chi connectivity index (χ0n) is 7.63. The molecule has 1 aromatic rings. The Morgan fingerprint density at radius 3 is 2.71 bits per heavy atom. The number of phenols is 1. The van der Waals surface area contributed by atoms with Gasteiger partial charge in [-0.05, 0) is 18.1 Å². The van der Waals surface area contributed by atoms with Crippen LogP contribution >= 0.6 is 0 Å². The van der Waals surface area contributed by atoms with E-state index in [1.54, 1.807) is 0 Å². The normalized spacial score (nSPS) is 12.5. The molecular weight excluding hydrogens is 190 g/mol. The molecule has 14 heavy (non-hydrogen) atoms. The number of aldehydes is 1. The molecule has 0 aliphatic heterocycles. The summed E-state index contributed by atoms with van der Waals surface area (Å²) in [5, 5.41) is 9.01. The van der Waals surface area contributed by atoms with Gasteiger partial charge in [0.15, 0.2) is 11.6 Å². The van der Waals surface area contributed by atoms with Gasteiger partial charge in [-0.15, -0.1) is 0 Å². The van der Waals surface area contributed by atoms with Crippen LogP contribution in [-0.4, -0.2) is 11.4 Å². The van der Waals surface area contributed by atoms with E-state index in [1.165, 1.54) is 6.92 Å². The lowest BCUT2D eigenvalue weighted by Gasteiger charge is -2.11. The van der Waals surface area contributed by atoms with E-state index in [0.29, 0.717) is 6.29 Å². The Balaban J connectivity index is 3.17. The standard InChI is InChI=1S/C10H10F2O2/c1-6(4-5-13)9-7(11)2-3-8(14)10(9)12/h2-3,5-6,14H,4H2,1H3. The Morgan fingerprint density at radius 1 is 1.50 bits per heavy atom. The van der Waals surface area contributed by atoms with E-state index < -0.39 is 23.3 Å². The first-order valence-corrected chi connectivity index (χ1v) is 4.18. The molecule has 1 rings (SSSR count). The molecule has 0 amide bonds. The van der Waals surface area contributed by atoms with Gasteiger partial charge in [0.1, 0.15) is 12.1 Å². The number of benzene rings is 1. The zero-order chi connectivity index (χ0) is 10.7. The first-order chi connectivity index (χ1) is 6.57. The monoisotopic (exact) mass is 200 g/mol. The average Bonchev–Trinajstić information content (AvgIpc) is 2.13. The first kappa shape index (κ1) is 10.6. The third-order valence-corrected chi connectivity index (χ3v) is 2.05. The van der Waals surface area contributed by atoms with Gasteiger partial charge >= 0.3 is 0 Å². The fourth-order valence-electron chi connectivity index (χ4n) is 1.27. The first-order valence-electron chi connectivity index (χ1n) is 4.18. The second kappa shape index (κ2) is 4.17. The van der Waals surface area contributed by atoms with Crippen molar-refractivity contribution in [2.45, 2.75) is 19.3 Å². The van der Waals surface area contributed by atoms with Crippen LogP contribution in [0.4, 0.5) is 8.78 Å². The van der Waals surface area contributed by atoms with Crippen LogP contribution in [0.15, 0.2) is 12.1 Å². The van der Waals surface area contributed by atoms with Crippen molar-refractivity contribution in [2.24, 2.45) is 0 Å². The Labute approximate surface area is 80.2 Å². The van der Waals surface area contributed by atoms with E-state index in [9.17, 15) is 13.6 Å². The quantitative estimate of drug-likeness (QED) is 0.760. The number of hydrogen-bond acceptors (Lipinski definition) is 2. The second-order valence-electron chi connectivity index (χ2n) is 3.10. The molecule has 0 heterocycles. The summed E-state index contributed by atoms with van der Waals surface area (Å²) in [7, 11) is 0. The molecule has 1 unspecified atom stereocenters. The number of rotatable bonds is 3. The van der Waals surface area contributed by atoms with E-state index >= 15 is 0 Å². The minimum atomic E-state index is -0.987. The summed E-state index contributed by atoms with van der Waals surface area (Å²) in [5.41, 5.74) is -0.239. The maximum atomic E-state index is 13.2. The fourth-order valence-corrected chi connectivity index (χ4v) is 1.27. The predicted octanol–water partition coefficient (Wildman–Crippen LogP) is 2.36. The van der Waals surface area contributed by atoms with Gasteiger partial charge in [0.05, 0.1) is 0 Å². The summed E-state index contributed by atoms with van der Waals surface area (Å²) >= 11 is 0. The maximum Gasteiger partial charge on any atom is 0.171 e. The number of phenolic OH excluding ortho intramolecular Hbond substituents is 1. The Kier molecular flexibility index (Phi) is 3.17. The van der Waals surface area contributed by atoms with Gasteiger partial charge in [-0.1, -0.05) is 6.92 Å². The number of carbonyl (C=O) groups excluding carboxylic acids is 1. The third kappa shape index (κ3) is 1.89. The molecule has 0 saturated heterocycles. The van der Waals surface area contributed by atoms with E-state index in [1.807, 2.05) is 0 Å². The van der Waals surface area contributed by atoms with Crippen molar-refractivity contribution in [3.63, 3.8) is 0 Å². The maximum absolute atomic E-state index is 13.2. The summed E-state index contributed by atoms with van der Waals surface area (Å²) in [5.74, 6) is -2.90. The Bertz CT molecular complexity index is 350. The largest absolute Gasteiger partial charge is 0.505 e. The van der Waals surface area contributed by atoms with Crippen molar-refractivity contribution in [2.75, 3.05) is 0 Å². The average molecular weight is 200 g/mol. The van der Waals surface area contributed by atoms with Crippen LogP contribution in [-0.2, 0) is 4.79 Å². The van der Waals surface area contributed by atoms with Gasteiger partial charge in [-0.2, -0.15) is 0 Å². The molecule has 4 heteroatoms. The molecule has 76 valence electrons. The minimum absolute atomic E-state index is 0.0251. The van der Waals surface area contributed by atoms with Gasteiger partial charge in [-0.25, -0.2) is 8.78 Å². The summed E-state index contributed by atoms with van der Waals surface area (Å²) in [6.07, 6.45) is 0.616. The number of aromatic hydroxyl groups is 1. The van der Waals surface area contributed by atoms with Crippen LogP contribution in [0.2, 0.25) is 0 Å². The van der Waals surface area contributed by atoms with Crippen LogP contribution in [0, 0.1) is 11.6 Å². The van der Waals surface area contributed by atoms with E-state index in [0.717, 1.165) is 12.1 Å². The molecular formula is C10H10F2O2. The van der Waals surface area contributed by atoms with Gasteiger partial charge in [0.25, 0.3) is 0 Å². The topological polar surface area (TPSA) is 37.3 Å². The number of halogens is 2. The third-order valence-electron chi connectivity index (χ3n) is 2.05. The molecule has 0 spiro atoms. The van der Waals surface area contributed by atoms with E-state index in [2.05, 4.69) is 0 Å². The van der Waals surface area contributed by atoms with Crippen LogP contribution in [0.5, 0.6) is 5.75 Å². The molecule has 1 atom stereocenters. The molecule has 0 aromatic heterocycles. The number of carbonyl (C=O) groups is 1. The lowest BCUT2D eigenvalue weighted by atomic mass is 9.97. The predicted molar refractivity (Wildman–Crippen MR) is 47.1 cm³/mol. The highest BCUT2D eigenvalue weighted by molar-refractivity contribution is 5.52. The Morgan fingerprint density at radius 2 is 2.14 bits per heavy atom. The highest BCUT2D eigenvalue weighted by Gasteiger charge is 2.18. The van der Waals surface area contributed by atoms with Crippen molar-refractivity contribution >= 4 is 6.29 Å². The smallest absolute Gasteiger partial charge is 0.171 e. The Hall–Kier alpha value is -1.45. The van der Waals surface area contributed by atoms with E-state index in [-0.39, 0.29) is 12.0 Å². The minimum Gasteiger partial charge on any atom is -0.505 e. The SMILES string of the molecule is CC(CC=O)c1c(F)ccc(O)c1F. The summed E-state index contributed by atoms with van der Waals surface area (Å²) in [6.45, 7) is 1.52. The van der Waals surface area contributed by atoms with Crippen molar-refractivity contribution in [1.29, 1.82) is 0 Å². The van der Waals surface area contributed by atoms with Gasteiger partial charge in [0, 0.05) is 12.0 Å². The van der Waals surface area contributed by atoms with Crippen LogP contribution in [0.1, 0.15) is 24.8 Å².